The summed E-state index contributed by atoms with van der Waals surface area (Å²) in [7, 11) is 0. The number of aryl methyl sites for hydroxylation is 1. The molecule has 3 nitrogen and oxygen atoms in total. The van der Waals surface area contributed by atoms with Crippen LogP contribution in [-0.4, -0.2) is 17.4 Å². The van der Waals surface area contributed by atoms with Gasteiger partial charge in [-0.05, 0) is 61.4 Å². The lowest BCUT2D eigenvalue weighted by Gasteiger charge is -2.06. The largest absolute Gasteiger partial charge is 0.358 e. The zero-order valence-corrected chi connectivity index (χ0v) is 14.1. The smallest absolute Gasteiger partial charge is 0.251 e. The summed E-state index contributed by atoms with van der Waals surface area (Å²) in [6, 6.07) is 12.6. The number of H-pyrrole nitrogens is 1. The first-order chi connectivity index (χ1) is 11.0. The molecule has 3 rings (SSSR count). The average Bonchev–Trinajstić information content (AvgIpc) is 2.83. The Hall–Kier alpha value is -1.97. The minimum atomic E-state index is -0.0998. The van der Waals surface area contributed by atoms with Crippen LogP contribution in [0.4, 0.5) is 0 Å². The molecule has 1 amide bonds. The molecule has 5 heteroatoms. The van der Waals surface area contributed by atoms with Gasteiger partial charge in [0.05, 0.1) is 0 Å². The molecule has 23 heavy (non-hydrogen) atoms. The predicted molar refractivity (Wildman–Crippen MR) is 95.5 cm³/mol. The molecule has 3 aromatic rings. The van der Waals surface area contributed by atoms with Crippen LogP contribution >= 0.6 is 23.2 Å². The fourth-order valence-electron chi connectivity index (χ4n) is 2.68. The van der Waals surface area contributed by atoms with Crippen molar-refractivity contribution in [1.82, 2.24) is 10.3 Å². The van der Waals surface area contributed by atoms with E-state index >= 15 is 0 Å². The third-order valence-electron chi connectivity index (χ3n) is 3.85. The molecule has 0 aliphatic heterocycles. The fraction of sp³-hybridized carbons (Fsp3) is 0.167. The highest BCUT2D eigenvalue weighted by atomic mass is 35.5. The lowest BCUT2D eigenvalue weighted by Crippen LogP contribution is -2.25. The number of rotatable bonds is 4. The van der Waals surface area contributed by atoms with E-state index in [9.17, 15) is 4.79 Å². The minimum absolute atomic E-state index is 0.0998. The number of hydrogen-bond donors (Lipinski definition) is 2. The number of hydrogen-bond acceptors (Lipinski definition) is 1. The molecule has 0 aliphatic carbocycles. The van der Waals surface area contributed by atoms with Gasteiger partial charge < -0.3 is 10.3 Å². The fourth-order valence-corrected chi connectivity index (χ4v) is 2.98. The van der Waals surface area contributed by atoms with Crippen LogP contribution in [0.5, 0.6) is 0 Å². The SMILES string of the molecule is Cc1[nH]c2ccc(Cl)cc2c1CCNC(=O)c1ccc(Cl)cc1. The van der Waals surface area contributed by atoms with Gasteiger partial charge in [0.1, 0.15) is 0 Å². The molecule has 0 fully saturated rings. The minimum Gasteiger partial charge on any atom is -0.358 e. The monoisotopic (exact) mass is 346 g/mol. The standard InChI is InChI=1S/C18H16Cl2N2O/c1-11-15(16-10-14(20)6-7-17(16)22-11)8-9-21-18(23)12-2-4-13(19)5-3-12/h2-7,10,22H,8-9H2,1H3,(H,21,23). The van der Waals surface area contributed by atoms with Gasteiger partial charge in [-0.15, -0.1) is 0 Å². The van der Waals surface area contributed by atoms with Gasteiger partial charge in [0.15, 0.2) is 0 Å². The van der Waals surface area contributed by atoms with Gasteiger partial charge in [-0.25, -0.2) is 0 Å². The number of benzene rings is 2. The normalized spacial score (nSPS) is 10.9. The predicted octanol–water partition coefficient (Wildman–Crippen LogP) is 4.76. The van der Waals surface area contributed by atoms with Crippen molar-refractivity contribution in [3.63, 3.8) is 0 Å². The van der Waals surface area contributed by atoms with E-state index in [1.165, 1.54) is 5.56 Å². The summed E-state index contributed by atoms with van der Waals surface area (Å²) >= 11 is 11.9. The van der Waals surface area contributed by atoms with E-state index in [1.54, 1.807) is 24.3 Å². The van der Waals surface area contributed by atoms with E-state index < -0.39 is 0 Å². The first-order valence-electron chi connectivity index (χ1n) is 7.35. The summed E-state index contributed by atoms with van der Waals surface area (Å²) < 4.78 is 0. The Labute approximate surface area is 144 Å². The Kier molecular flexibility index (Phi) is 4.60. The van der Waals surface area contributed by atoms with Crippen LogP contribution in [0.3, 0.4) is 0 Å². The highest BCUT2D eigenvalue weighted by Gasteiger charge is 2.10. The van der Waals surface area contributed by atoms with Gasteiger partial charge in [-0.2, -0.15) is 0 Å². The van der Waals surface area contributed by atoms with Crippen molar-refractivity contribution in [2.45, 2.75) is 13.3 Å². The van der Waals surface area contributed by atoms with Crippen LogP contribution < -0.4 is 5.32 Å². The molecule has 1 aromatic heterocycles. The number of carbonyl (C=O) groups is 1. The van der Waals surface area contributed by atoms with E-state index in [0.717, 1.165) is 23.0 Å². The summed E-state index contributed by atoms with van der Waals surface area (Å²) in [4.78, 5) is 15.4. The van der Waals surface area contributed by atoms with E-state index in [4.69, 9.17) is 23.2 Å². The van der Waals surface area contributed by atoms with E-state index in [-0.39, 0.29) is 5.91 Å². The van der Waals surface area contributed by atoms with Crippen molar-refractivity contribution < 1.29 is 4.79 Å². The van der Waals surface area contributed by atoms with Gasteiger partial charge in [0.2, 0.25) is 0 Å². The number of halogens is 2. The zero-order chi connectivity index (χ0) is 16.4. The average molecular weight is 347 g/mol. The number of aromatic nitrogens is 1. The molecule has 0 atom stereocenters. The molecular formula is C18H16Cl2N2O. The second-order valence-electron chi connectivity index (χ2n) is 5.43. The van der Waals surface area contributed by atoms with Gasteiger partial charge in [0.25, 0.3) is 5.91 Å². The molecule has 0 radical (unpaired) electrons. The van der Waals surface area contributed by atoms with Crippen LogP contribution in [0.2, 0.25) is 10.0 Å². The molecule has 0 spiro atoms. The summed E-state index contributed by atoms with van der Waals surface area (Å²) in [5.41, 5.74) is 3.95. The van der Waals surface area contributed by atoms with Crippen molar-refractivity contribution in [3.8, 4) is 0 Å². The summed E-state index contributed by atoms with van der Waals surface area (Å²) in [6.45, 7) is 2.59. The van der Waals surface area contributed by atoms with Gasteiger partial charge in [-0.3, -0.25) is 4.79 Å². The van der Waals surface area contributed by atoms with Crippen LogP contribution in [-0.2, 0) is 6.42 Å². The molecule has 0 bridgehead atoms. The second-order valence-corrected chi connectivity index (χ2v) is 6.30. The first-order valence-corrected chi connectivity index (χ1v) is 8.10. The highest BCUT2D eigenvalue weighted by Crippen LogP contribution is 2.25. The topological polar surface area (TPSA) is 44.9 Å². The quantitative estimate of drug-likeness (QED) is 0.702. The number of carbonyl (C=O) groups excluding carboxylic acids is 1. The number of aromatic amines is 1. The Balaban J connectivity index is 1.69. The Morgan fingerprint density at radius 2 is 1.78 bits per heavy atom. The third-order valence-corrected chi connectivity index (χ3v) is 4.34. The van der Waals surface area contributed by atoms with Crippen LogP contribution in [0.15, 0.2) is 42.5 Å². The molecule has 0 saturated carbocycles. The lowest BCUT2D eigenvalue weighted by molar-refractivity contribution is 0.0954. The molecule has 2 aromatic carbocycles. The van der Waals surface area contributed by atoms with Crippen LogP contribution in [0.25, 0.3) is 10.9 Å². The molecule has 0 saturated heterocycles. The summed E-state index contributed by atoms with van der Waals surface area (Å²) in [5.74, 6) is -0.0998. The first kappa shape index (κ1) is 15.9. The van der Waals surface area contributed by atoms with Crippen molar-refractivity contribution in [2.24, 2.45) is 0 Å². The maximum absolute atomic E-state index is 12.1. The van der Waals surface area contributed by atoms with Crippen molar-refractivity contribution >= 4 is 40.0 Å². The maximum atomic E-state index is 12.1. The molecule has 0 aliphatic rings. The van der Waals surface area contributed by atoms with E-state index in [0.29, 0.717) is 22.2 Å². The van der Waals surface area contributed by atoms with E-state index in [2.05, 4.69) is 10.3 Å². The Morgan fingerprint density at radius 1 is 1.09 bits per heavy atom. The van der Waals surface area contributed by atoms with Gasteiger partial charge in [-0.1, -0.05) is 23.2 Å². The van der Waals surface area contributed by atoms with Crippen molar-refractivity contribution in [2.75, 3.05) is 6.54 Å². The van der Waals surface area contributed by atoms with Crippen LogP contribution in [0.1, 0.15) is 21.6 Å². The van der Waals surface area contributed by atoms with Crippen LogP contribution in [0, 0.1) is 6.92 Å². The van der Waals surface area contributed by atoms with Gasteiger partial charge in [0, 0.05) is 38.8 Å². The summed E-state index contributed by atoms with van der Waals surface area (Å²) in [5, 5.41) is 5.37. The highest BCUT2D eigenvalue weighted by molar-refractivity contribution is 6.31. The molecular weight excluding hydrogens is 331 g/mol. The summed E-state index contributed by atoms with van der Waals surface area (Å²) in [6.07, 6.45) is 0.742. The van der Waals surface area contributed by atoms with Crippen molar-refractivity contribution in [3.05, 3.63) is 69.3 Å². The Bertz CT molecular complexity index is 853. The number of nitrogens with one attached hydrogen (secondary N) is 2. The number of amides is 1. The van der Waals surface area contributed by atoms with Crippen molar-refractivity contribution in [1.29, 1.82) is 0 Å². The zero-order valence-electron chi connectivity index (χ0n) is 12.6. The third kappa shape index (κ3) is 3.52. The molecule has 1 heterocycles. The number of fused-ring (bicyclic) bond motifs is 1. The Morgan fingerprint density at radius 3 is 2.52 bits per heavy atom. The van der Waals surface area contributed by atoms with Gasteiger partial charge >= 0.3 is 0 Å². The maximum Gasteiger partial charge on any atom is 0.251 e. The molecule has 0 unspecified atom stereocenters. The molecule has 2 N–H and O–H groups in total. The lowest BCUT2D eigenvalue weighted by atomic mass is 10.1. The second kappa shape index (κ2) is 6.65. The van der Waals surface area contributed by atoms with E-state index in [1.807, 2.05) is 25.1 Å². The molecule has 118 valence electrons.